The fraction of sp³-hybridized carbons (Fsp3) is 0.429. The zero-order valence-electron chi connectivity index (χ0n) is 22.4. The molecule has 0 N–H and O–H groups in total. The van der Waals surface area contributed by atoms with Gasteiger partial charge in [0.1, 0.15) is 0 Å². The van der Waals surface area contributed by atoms with E-state index in [0.29, 0.717) is 0 Å². The molecule has 0 radical (unpaired) electrons. The van der Waals surface area contributed by atoms with Gasteiger partial charge in [0.05, 0.1) is 0 Å². The van der Waals surface area contributed by atoms with E-state index < -0.39 is 59.2 Å². The average Bonchev–Trinajstić information content (AvgIpc) is 3.51. The molecule has 0 aromatic heterocycles. The molecule has 0 spiro atoms. The van der Waals surface area contributed by atoms with Crippen molar-refractivity contribution < 1.29 is 62.7 Å². The molecule has 0 atom stereocenters. The van der Waals surface area contributed by atoms with Gasteiger partial charge < -0.3 is 24.8 Å². The molecule has 4 aliphatic rings. The van der Waals surface area contributed by atoms with E-state index in [9.17, 15) is 0 Å². The van der Waals surface area contributed by atoms with Gasteiger partial charge >= 0.3 is 220 Å². The zero-order valence-corrected chi connectivity index (χ0v) is 35.9. The molecular formula is C28H42Cl2Ge2Hf2. The van der Waals surface area contributed by atoms with E-state index in [2.05, 4.69) is 99.3 Å². The largest absolute Gasteiger partial charge is 1.00 e. The molecule has 0 nitrogen and oxygen atoms in total. The van der Waals surface area contributed by atoms with Crippen LogP contribution in [0.15, 0.2) is 84.2 Å². The molecule has 0 amide bonds. The summed E-state index contributed by atoms with van der Waals surface area (Å²) >= 11 is -3.07. The molecule has 0 fully saturated rings. The van der Waals surface area contributed by atoms with Crippen LogP contribution in [0.2, 0.25) is 23.0 Å². The Morgan fingerprint density at radius 3 is 0.794 bits per heavy atom. The van der Waals surface area contributed by atoms with Gasteiger partial charge in [0.25, 0.3) is 0 Å². The van der Waals surface area contributed by atoms with Crippen LogP contribution in [-0.2, 0) is 37.9 Å². The summed E-state index contributed by atoms with van der Waals surface area (Å²) < 4.78 is 7.77. The van der Waals surface area contributed by atoms with Gasteiger partial charge in [0, 0.05) is 0 Å². The Morgan fingerprint density at radius 1 is 0.471 bits per heavy atom. The second-order valence-electron chi connectivity index (χ2n) is 10.2. The van der Waals surface area contributed by atoms with Gasteiger partial charge in [-0.1, -0.05) is 0 Å². The zero-order chi connectivity index (χ0) is 23.4. The van der Waals surface area contributed by atoms with Gasteiger partial charge in [-0.25, -0.2) is 0 Å². The summed E-state index contributed by atoms with van der Waals surface area (Å²) in [6.45, 7) is 9.36. The second kappa shape index (κ2) is 15.7. The van der Waals surface area contributed by atoms with E-state index in [4.69, 9.17) is 0 Å². The Kier molecular flexibility index (Phi) is 15.4. The van der Waals surface area contributed by atoms with Crippen LogP contribution in [0, 0.1) is 0 Å². The molecule has 0 aromatic rings. The first kappa shape index (κ1) is 33.4. The molecule has 184 valence electrons. The molecule has 0 aliphatic heterocycles. The number of hydrogen-bond acceptors (Lipinski definition) is 0. The van der Waals surface area contributed by atoms with Crippen molar-refractivity contribution in [3.05, 3.63) is 84.2 Å². The smallest absolute Gasteiger partial charge is 1.00 e. The molecule has 4 aliphatic carbocycles. The number of halogens is 2. The summed E-state index contributed by atoms with van der Waals surface area (Å²) in [6, 6.07) is 0. The molecular weight excluding hydrogens is 909 g/mol. The quantitative estimate of drug-likeness (QED) is 0.359. The van der Waals surface area contributed by atoms with Crippen LogP contribution in [-0.4, -0.2) is 21.3 Å². The van der Waals surface area contributed by atoms with Crippen LogP contribution in [0.4, 0.5) is 0 Å². The molecule has 0 bridgehead atoms. The predicted octanol–water partition coefficient (Wildman–Crippen LogP) is 2.12. The first-order chi connectivity index (χ1) is 15.2. The molecule has 6 heteroatoms. The molecule has 0 saturated carbocycles. The Morgan fingerprint density at radius 2 is 0.676 bits per heavy atom. The van der Waals surface area contributed by atoms with E-state index in [1.165, 1.54) is 25.7 Å². The third-order valence-electron chi connectivity index (χ3n) is 7.12. The summed E-state index contributed by atoms with van der Waals surface area (Å²) in [5, 5.41) is 0. The molecule has 0 heterocycles. The van der Waals surface area contributed by atoms with Gasteiger partial charge in [-0.15, -0.1) is 0 Å². The van der Waals surface area contributed by atoms with E-state index >= 15 is 0 Å². The first-order valence-corrected chi connectivity index (χ1v) is 53.3. The van der Waals surface area contributed by atoms with E-state index in [-0.39, 0.29) is 24.8 Å². The van der Waals surface area contributed by atoms with Crippen LogP contribution < -0.4 is 24.8 Å². The third-order valence-corrected chi connectivity index (χ3v) is 97.0. The summed E-state index contributed by atoms with van der Waals surface area (Å²) in [4.78, 5) is 0. The third kappa shape index (κ3) is 8.16. The van der Waals surface area contributed by atoms with Gasteiger partial charge in [0.2, 0.25) is 0 Å². The normalized spacial score (nSPS) is 18.4. The maximum atomic E-state index is 2.63. The summed E-state index contributed by atoms with van der Waals surface area (Å²) in [7, 11) is -1.86. The van der Waals surface area contributed by atoms with Crippen molar-refractivity contribution in [2.24, 2.45) is 0 Å². The summed E-state index contributed by atoms with van der Waals surface area (Å²) in [5.74, 6) is 10.5. The number of rotatable bonds is 6. The molecule has 0 aromatic carbocycles. The minimum Gasteiger partial charge on any atom is -1.00 e. The van der Waals surface area contributed by atoms with E-state index in [1.54, 1.807) is 22.3 Å². The summed E-state index contributed by atoms with van der Waals surface area (Å²) in [5.41, 5.74) is 6.53. The molecule has 4 rings (SSSR count). The number of hydrogen-bond donors (Lipinski definition) is 0. The molecule has 0 unspecified atom stereocenters. The van der Waals surface area contributed by atoms with Crippen LogP contribution in [0.5, 0.6) is 0 Å². The van der Waals surface area contributed by atoms with Crippen molar-refractivity contribution in [2.45, 2.75) is 76.4 Å². The van der Waals surface area contributed by atoms with Crippen LogP contribution in [0.1, 0.15) is 53.4 Å². The van der Waals surface area contributed by atoms with Crippen molar-refractivity contribution in [2.75, 3.05) is 0 Å². The fourth-order valence-corrected chi connectivity index (χ4v) is 102. The standard InChI is InChI=1S/4C6H7.2C2H7Ge.2ClH.2Hf/c4*1-6-4-2-3-5-6;2*1-3-2;;;;/h4*2,4H,3H2,1H3;2*3H,1-2H3;2*1H;;/q;;;;;;;;2*+1/p-2. The Balaban J connectivity index is 0.000000321. The van der Waals surface area contributed by atoms with E-state index in [1.807, 2.05) is 13.3 Å². The van der Waals surface area contributed by atoms with Crippen molar-refractivity contribution in [3.63, 3.8) is 0 Å². The van der Waals surface area contributed by atoms with Crippen molar-refractivity contribution >= 4 is 21.3 Å². The van der Waals surface area contributed by atoms with Crippen LogP contribution >= 0.6 is 0 Å². The second-order valence-corrected chi connectivity index (χ2v) is 97.5. The van der Waals surface area contributed by atoms with Crippen LogP contribution in [0.25, 0.3) is 0 Å². The first-order valence-electron chi connectivity index (χ1n) is 12.4. The average molecular weight is 952 g/mol. The maximum absolute atomic E-state index is 2.63. The Hall–Kier alpha value is 1.33. The van der Waals surface area contributed by atoms with Crippen molar-refractivity contribution in [1.29, 1.82) is 0 Å². The SMILES string of the molecule is CC1=[C]([Hf+]([C]2=C(C)C=CC2)[GeH]([CH3])[CH3])CC=C1.CC1=[C]([Hf+]([C]2=C(C)C=CC2)[GeH]([CH3])[CH3])CC=C1.[Cl-].[Cl-]. The molecule has 0 saturated heterocycles. The minimum atomic E-state index is -1.53. The van der Waals surface area contributed by atoms with Gasteiger partial charge in [-0.05, 0) is 0 Å². The van der Waals surface area contributed by atoms with Crippen molar-refractivity contribution in [3.8, 4) is 0 Å². The predicted molar refractivity (Wildman–Crippen MR) is 144 cm³/mol. The summed E-state index contributed by atoms with van der Waals surface area (Å²) in [6.07, 6.45) is 24.2. The maximum Gasteiger partial charge on any atom is -1.00 e. The topological polar surface area (TPSA) is 0 Å². The van der Waals surface area contributed by atoms with Crippen LogP contribution in [0.3, 0.4) is 0 Å². The molecule has 34 heavy (non-hydrogen) atoms. The Bertz CT molecular complexity index is 840. The Labute approximate surface area is 241 Å². The monoisotopic (exact) mass is 956 g/mol. The fourth-order valence-electron chi connectivity index (χ4n) is 5.51. The van der Waals surface area contributed by atoms with Gasteiger partial charge in [0.15, 0.2) is 0 Å². The number of allylic oxidation sites excluding steroid dienone is 16. The van der Waals surface area contributed by atoms with Gasteiger partial charge in [-0.3, -0.25) is 0 Å². The van der Waals surface area contributed by atoms with Gasteiger partial charge in [-0.2, -0.15) is 0 Å². The van der Waals surface area contributed by atoms with E-state index in [0.717, 1.165) is 0 Å². The van der Waals surface area contributed by atoms with Crippen molar-refractivity contribution in [1.82, 2.24) is 0 Å². The minimum absolute atomic E-state index is 0.